The molecule has 8 heteroatoms. The molecule has 1 N–H and O–H groups in total. The van der Waals surface area contributed by atoms with E-state index in [9.17, 15) is 14.4 Å². The number of ether oxygens (including phenoxy) is 1. The Morgan fingerprint density at radius 3 is 1.70 bits per heavy atom. The molecule has 3 aromatic rings. The van der Waals surface area contributed by atoms with Crippen LogP contribution < -0.4 is 10.1 Å². The molecule has 1 fully saturated rings. The van der Waals surface area contributed by atoms with Gasteiger partial charge in [-0.1, -0.05) is 48.5 Å². The predicted octanol–water partition coefficient (Wildman–Crippen LogP) is 5.01. The normalized spacial score (nSPS) is 27.8. The Hall–Kier alpha value is -3.35. The first-order valence-corrected chi connectivity index (χ1v) is 13.0. The lowest BCUT2D eigenvalue weighted by atomic mass is 9.54. The lowest BCUT2D eigenvalue weighted by Crippen LogP contribution is -2.57. The number of alkyl halides is 2. The van der Waals surface area contributed by atoms with Crippen molar-refractivity contribution in [3.63, 3.8) is 0 Å². The van der Waals surface area contributed by atoms with E-state index >= 15 is 0 Å². The summed E-state index contributed by atoms with van der Waals surface area (Å²) in [6.45, 7) is 3.96. The van der Waals surface area contributed by atoms with E-state index in [2.05, 4.69) is 5.32 Å². The van der Waals surface area contributed by atoms with Gasteiger partial charge in [0.05, 0.1) is 18.4 Å². The Balaban J connectivity index is 1.38. The zero-order valence-electron chi connectivity index (χ0n) is 20.2. The molecule has 6 nitrogen and oxygen atoms in total. The van der Waals surface area contributed by atoms with Crippen molar-refractivity contribution in [2.45, 2.75) is 29.6 Å². The van der Waals surface area contributed by atoms with Crippen LogP contribution in [0.1, 0.15) is 36.1 Å². The summed E-state index contributed by atoms with van der Waals surface area (Å²) in [5.74, 6) is -2.67. The van der Waals surface area contributed by atoms with Crippen molar-refractivity contribution in [2.75, 3.05) is 11.9 Å². The number of benzene rings is 3. The fourth-order valence-corrected chi connectivity index (χ4v) is 7.33. The number of carbonyl (C=O) groups excluding carboxylic acids is 3. The van der Waals surface area contributed by atoms with E-state index in [0.717, 1.165) is 27.2 Å². The Morgan fingerprint density at radius 1 is 0.865 bits per heavy atom. The van der Waals surface area contributed by atoms with Crippen molar-refractivity contribution >= 4 is 46.6 Å². The van der Waals surface area contributed by atoms with Gasteiger partial charge in [-0.3, -0.25) is 19.3 Å². The Labute approximate surface area is 224 Å². The van der Waals surface area contributed by atoms with E-state index < -0.39 is 45.3 Å². The highest BCUT2D eigenvalue weighted by atomic mass is 35.5. The van der Waals surface area contributed by atoms with E-state index in [-0.39, 0.29) is 0 Å². The van der Waals surface area contributed by atoms with Crippen LogP contribution in [0.5, 0.6) is 5.75 Å². The number of hydrogen-bond acceptors (Lipinski definition) is 4. The van der Waals surface area contributed by atoms with Crippen LogP contribution in [-0.2, 0) is 24.1 Å². The largest absolute Gasteiger partial charge is 0.494 e. The topological polar surface area (TPSA) is 75.7 Å². The van der Waals surface area contributed by atoms with E-state index in [1.54, 1.807) is 31.2 Å². The number of likely N-dealkylation sites (tertiary alicyclic amines) is 1. The standard InChI is InChI=1S/C29H24Cl2N2O4/c1-3-37-18-14-12-17(13-15-18)32-25(34)16(2)33-26(35)23-24(27(33)36)29(31)20-9-5-4-8-19(20)28(23,30)21-10-6-7-11-22(21)29/h4-16,23-24H,3H2,1-2H3,(H,32,34)/t16-,23-,24+,28?,29?/m1/s1. The Bertz CT molecular complexity index is 1330. The SMILES string of the molecule is CCOc1ccc(NC(=O)[C@@H](C)N2C(=O)[C@@H]3[C@H](C2=O)C2(Cl)c4ccccc4C3(Cl)c3ccccc32)cc1. The molecular weight excluding hydrogens is 511 g/mol. The van der Waals surface area contributed by atoms with Crippen LogP contribution in [0.2, 0.25) is 0 Å². The highest BCUT2D eigenvalue weighted by Gasteiger charge is 2.73. The lowest BCUT2D eigenvalue weighted by Gasteiger charge is -2.54. The van der Waals surface area contributed by atoms with Crippen molar-refractivity contribution in [2.24, 2.45) is 11.8 Å². The third-order valence-corrected chi connectivity index (χ3v) is 9.10. The minimum Gasteiger partial charge on any atom is -0.494 e. The van der Waals surface area contributed by atoms with E-state index in [4.69, 9.17) is 27.9 Å². The number of rotatable bonds is 5. The number of nitrogens with zero attached hydrogens (tertiary/aromatic N) is 1. The first-order chi connectivity index (χ1) is 17.7. The third-order valence-electron chi connectivity index (χ3n) is 7.82. The van der Waals surface area contributed by atoms with Gasteiger partial charge in [0, 0.05) is 5.69 Å². The van der Waals surface area contributed by atoms with Crippen LogP contribution in [0.4, 0.5) is 5.69 Å². The average molecular weight is 535 g/mol. The predicted molar refractivity (Wildman–Crippen MR) is 141 cm³/mol. The molecule has 4 aliphatic rings. The van der Waals surface area contributed by atoms with Crippen LogP contribution in [0.25, 0.3) is 0 Å². The molecule has 0 aromatic heterocycles. The molecule has 3 amide bonds. The zero-order valence-corrected chi connectivity index (χ0v) is 21.7. The number of imide groups is 1. The average Bonchev–Trinajstić information content (AvgIpc) is 3.19. The molecule has 37 heavy (non-hydrogen) atoms. The quantitative estimate of drug-likeness (QED) is 0.369. The molecule has 2 bridgehead atoms. The number of carbonyl (C=O) groups is 3. The maximum atomic E-state index is 14.0. The second-order valence-electron chi connectivity index (χ2n) is 9.64. The smallest absolute Gasteiger partial charge is 0.247 e. The summed E-state index contributed by atoms with van der Waals surface area (Å²) >= 11 is 14.9. The van der Waals surface area contributed by atoms with Gasteiger partial charge in [-0.05, 0) is 60.4 Å². The molecule has 1 heterocycles. The molecule has 0 unspecified atom stereocenters. The van der Waals surface area contributed by atoms with Gasteiger partial charge in [-0.25, -0.2) is 0 Å². The highest BCUT2D eigenvalue weighted by Crippen LogP contribution is 2.69. The molecule has 1 aliphatic heterocycles. The highest BCUT2D eigenvalue weighted by molar-refractivity contribution is 6.36. The maximum absolute atomic E-state index is 14.0. The molecule has 0 radical (unpaired) electrons. The summed E-state index contributed by atoms with van der Waals surface area (Å²) in [6, 6.07) is 20.7. The first-order valence-electron chi connectivity index (χ1n) is 12.2. The van der Waals surface area contributed by atoms with Crippen molar-refractivity contribution in [3.05, 3.63) is 95.1 Å². The van der Waals surface area contributed by atoms with Gasteiger partial charge in [-0.15, -0.1) is 23.2 Å². The van der Waals surface area contributed by atoms with Crippen molar-refractivity contribution in [3.8, 4) is 5.75 Å². The van der Waals surface area contributed by atoms with Gasteiger partial charge < -0.3 is 10.1 Å². The van der Waals surface area contributed by atoms with E-state index in [1.807, 2.05) is 55.5 Å². The Morgan fingerprint density at radius 2 is 1.30 bits per heavy atom. The first kappa shape index (κ1) is 24.0. The molecule has 3 atom stereocenters. The molecule has 188 valence electrons. The summed E-state index contributed by atoms with van der Waals surface area (Å²) in [4.78, 5) is 39.7. The molecule has 3 aromatic carbocycles. The van der Waals surface area contributed by atoms with Crippen LogP contribution in [0, 0.1) is 11.8 Å². The van der Waals surface area contributed by atoms with Crippen LogP contribution in [-0.4, -0.2) is 35.3 Å². The molecule has 1 saturated heterocycles. The number of halogens is 2. The third kappa shape index (κ3) is 3.09. The monoisotopic (exact) mass is 534 g/mol. The summed E-state index contributed by atoms with van der Waals surface area (Å²) in [5, 5.41) is 2.80. The Kier molecular flexibility index (Phi) is 5.41. The molecule has 3 aliphatic carbocycles. The summed E-state index contributed by atoms with van der Waals surface area (Å²) in [6.07, 6.45) is 0. The van der Waals surface area contributed by atoms with Crippen molar-refractivity contribution in [1.82, 2.24) is 4.90 Å². The fraction of sp³-hybridized carbons (Fsp3) is 0.276. The minimum absolute atomic E-state index is 0.487. The number of anilines is 1. The van der Waals surface area contributed by atoms with Crippen molar-refractivity contribution < 1.29 is 19.1 Å². The summed E-state index contributed by atoms with van der Waals surface area (Å²) < 4.78 is 5.44. The number of amides is 3. The second-order valence-corrected chi connectivity index (χ2v) is 10.8. The van der Waals surface area contributed by atoms with Gasteiger partial charge in [0.1, 0.15) is 21.5 Å². The van der Waals surface area contributed by atoms with Crippen LogP contribution in [0.15, 0.2) is 72.8 Å². The van der Waals surface area contributed by atoms with E-state index in [0.29, 0.717) is 18.0 Å². The second kappa shape index (κ2) is 8.33. The molecule has 7 rings (SSSR count). The summed E-state index contributed by atoms with van der Waals surface area (Å²) in [7, 11) is 0. The van der Waals surface area contributed by atoms with Crippen molar-refractivity contribution in [1.29, 1.82) is 0 Å². The molecule has 0 saturated carbocycles. The van der Waals surface area contributed by atoms with Crippen LogP contribution in [0.3, 0.4) is 0 Å². The van der Waals surface area contributed by atoms with Gasteiger partial charge >= 0.3 is 0 Å². The lowest BCUT2D eigenvalue weighted by molar-refractivity contribution is -0.146. The van der Waals surface area contributed by atoms with Gasteiger partial charge in [0.15, 0.2) is 0 Å². The van der Waals surface area contributed by atoms with Gasteiger partial charge in [0.2, 0.25) is 17.7 Å². The van der Waals surface area contributed by atoms with Gasteiger partial charge in [-0.2, -0.15) is 0 Å². The molecular formula is C29H24Cl2N2O4. The van der Waals surface area contributed by atoms with E-state index in [1.165, 1.54) is 0 Å². The summed E-state index contributed by atoms with van der Waals surface area (Å²) in [5.41, 5.74) is 3.42. The number of nitrogens with one attached hydrogen (secondary N) is 1. The molecule has 0 spiro atoms. The maximum Gasteiger partial charge on any atom is 0.247 e. The zero-order chi connectivity index (χ0) is 26.1. The van der Waals surface area contributed by atoms with Gasteiger partial charge in [0.25, 0.3) is 0 Å². The number of hydrogen-bond donors (Lipinski definition) is 1. The fourth-order valence-electron chi connectivity index (χ4n) is 6.24. The minimum atomic E-state index is -1.28. The van der Waals surface area contributed by atoms with Crippen LogP contribution >= 0.6 is 23.2 Å².